The number of para-hydroxylation sites is 1. The number of benzene rings is 1. The SMILES string of the molecule is CCOC(=O)CNC(=O)N1CCC2(CC1)C(=O)N(CC(=O)N1CCOCC1)CN2c1ccccc1. The lowest BCUT2D eigenvalue weighted by atomic mass is 9.85. The maximum Gasteiger partial charge on any atom is 0.325 e. The number of nitrogens with one attached hydrogen (secondary N) is 1. The molecule has 4 amide bonds. The summed E-state index contributed by atoms with van der Waals surface area (Å²) in [5.41, 5.74) is 0.0762. The average Bonchev–Trinajstić information content (AvgIpc) is 3.15. The number of hydrogen-bond donors (Lipinski definition) is 1. The summed E-state index contributed by atoms with van der Waals surface area (Å²) in [6, 6.07) is 9.33. The number of rotatable bonds is 6. The van der Waals surface area contributed by atoms with E-state index in [0.29, 0.717) is 58.9 Å². The Balaban J connectivity index is 1.45. The van der Waals surface area contributed by atoms with Crippen LogP contribution >= 0.6 is 0 Å². The van der Waals surface area contributed by atoms with Crippen LogP contribution in [0.1, 0.15) is 19.8 Å². The van der Waals surface area contributed by atoms with E-state index in [-0.39, 0.29) is 37.5 Å². The van der Waals surface area contributed by atoms with Crippen molar-refractivity contribution in [1.82, 2.24) is 20.0 Å². The highest BCUT2D eigenvalue weighted by atomic mass is 16.5. The molecule has 0 aliphatic carbocycles. The van der Waals surface area contributed by atoms with Crippen molar-refractivity contribution >= 4 is 29.5 Å². The molecule has 0 bridgehead atoms. The molecule has 1 N–H and O–H groups in total. The molecule has 0 atom stereocenters. The predicted octanol–water partition coefficient (Wildman–Crippen LogP) is 0.259. The summed E-state index contributed by atoms with van der Waals surface area (Å²) in [5.74, 6) is -0.659. The quantitative estimate of drug-likeness (QED) is 0.573. The van der Waals surface area contributed by atoms with E-state index in [1.54, 1.807) is 21.6 Å². The second kappa shape index (κ2) is 10.9. The topological polar surface area (TPSA) is 112 Å². The highest BCUT2D eigenvalue weighted by molar-refractivity contribution is 5.96. The molecule has 0 aromatic heterocycles. The molecule has 1 aromatic carbocycles. The van der Waals surface area contributed by atoms with Crippen LogP contribution in [0.2, 0.25) is 0 Å². The third-order valence-corrected chi connectivity index (χ3v) is 6.84. The fourth-order valence-electron chi connectivity index (χ4n) is 4.95. The molecule has 4 rings (SSSR count). The average molecular weight is 488 g/mol. The minimum absolute atomic E-state index is 0.0215. The molecule has 0 unspecified atom stereocenters. The summed E-state index contributed by atoms with van der Waals surface area (Å²) < 4.78 is 10.2. The first-order valence-electron chi connectivity index (χ1n) is 12.1. The number of morpholine rings is 1. The second-order valence-corrected chi connectivity index (χ2v) is 8.88. The second-order valence-electron chi connectivity index (χ2n) is 8.88. The molecule has 11 heteroatoms. The first-order valence-corrected chi connectivity index (χ1v) is 12.1. The third kappa shape index (κ3) is 5.34. The maximum atomic E-state index is 13.8. The Labute approximate surface area is 204 Å². The zero-order valence-electron chi connectivity index (χ0n) is 20.1. The summed E-state index contributed by atoms with van der Waals surface area (Å²) in [6.07, 6.45) is 0.853. The van der Waals surface area contributed by atoms with E-state index < -0.39 is 11.5 Å². The van der Waals surface area contributed by atoms with Crippen LogP contribution < -0.4 is 10.2 Å². The van der Waals surface area contributed by atoms with Crippen LogP contribution in [0.3, 0.4) is 0 Å². The lowest BCUT2D eigenvalue weighted by Gasteiger charge is -2.43. The van der Waals surface area contributed by atoms with E-state index in [4.69, 9.17) is 9.47 Å². The zero-order valence-corrected chi connectivity index (χ0v) is 20.1. The number of urea groups is 1. The van der Waals surface area contributed by atoms with Crippen molar-refractivity contribution in [3.63, 3.8) is 0 Å². The van der Waals surface area contributed by atoms with Crippen molar-refractivity contribution in [2.75, 3.05) is 70.7 Å². The largest absolute Gasteiger partial charge is 0.465 e. The van der Waals surface area contributed by atoms with Crippen molar-refractivity contribution in [3.8, 4) is 0 Å². The van der Waals surface area contributed by atoms with Crippen molar-refractivity contribution in [3.05, 3.63) is 30.3 Å². The predicted molar refractivity (Wildman–Crippen MR) is 126 cm³/mol. The molecule has 35 heavy (non-hydrogen) atoms. The van der Waals surface area contributed by atoms with Gasteiger partial charge in [-0.3, -0.25) is 14.4 Å². The van der Waals surface area contributed by atoms with Crippen molar-refractivity contribution in [1.29, 1.82) is 0 Å². The van der Waals surface area contributed by atoms with Gasteiger partial charge in [0, 0.05) is 31.9 Å². The molecule has 11 nitrogen and oxygen atoms in total. The lowest BCUT2D eigenvalue weighted by Crippen LogP contribution is -2.58. The number of carbonyl (C=O) groups is 4. The molecule has 0 radical (unpaired) electrons. The third-order valence-electron chi connectivity index (χ3n) is 6.84. The van der Waals surface area contributed by atoms with E-state index in [0.717, 1.165) is 5.69 Å². The lowest BCUT2D eigenvalue weighted by molar-refractivity contribution is -0.143. The number of carbonyl (C=O) groups excluding carboxylic acids is 4. The summed E-state index contributed by atoms with van der Waals surface area (Å²) in [7, 11) is 0. The first-order chi connectivity index (χ1) is 16.9. The van der Waals surface area contributed by atoms with Gasteiger partial charge in [-0.15, -0.1) is 0 Å². The molecular formula is C24H33N5O6. The Hall–Kier alpha value is -3.34. The summed E-state index contributed by atoms with van der Waals surface area (Å²) in [5, 5.41) is 2.58. The molecule has 190 valence electrons. The highest BCUT2D eigenvalue weighted by Gasteiger charge is 2.54. The van der Waals surface area contributed by atoms with E-state index in [9.17, 15) is 19.2 Å². The minimum Gasteiger partial charge on any atom is -0.465 e. The summed E-state index contributed by atoms with van der Waals surface area (Å²) in [4.78, 5) is 57.8. The Bertz CT molecular complexity index is 928. The Morgan fingerprint density at radius 3 is 2.37 bits per heavy atom. The van der Waals surface area contributed by atoms with Crippen LogP contribution in [0.25, 0.3) is 0 Å². The molecule has 3 heterocycles. The van der Waals surface area contributed by atoms with Gasteiger partial charge in [0.1, 0.15) is 18.6 Å². The molecule has 3 fully saturated rings. The maximum absolute atomic E-state index is 13.8. The van der Waals surface area contributed by atoms with Gasteiger partial charge in [0.25, 0.3) is 5.91 Å². The van der Waals surface area contributed by atoms with E-state index in [2.05, 4.69) is 10.2 Å². The molecule has 1 spiro atoms. The van der Waals surface area contributed by atoms with Gasteiger partial charge in [0.15, 0.2) is 0 Å². The molecule has 3 aliphatic rings. The van der Waals surface area contributed by atoms with Gasteiger partial charge in [-0.2, -0.15) is 0 Å². The number of likely N-dealkylation sites (tertiary alicyclic amines) is 1. The smallest absolute Gasteiger partial charge is 0.325 e. The minimum atomic E-state index is -0.829. The fraction of sp³-hybridized carbons (Fsp3) is 0.583. The van der Waals surface area contributed by atoms with Crippen molar-refractivity contribution in [2.45, 2.75) is 25.3 Å². The Morgan fingerprint density at radius 1 is 1.03 bits per heavy atom. The molecule has 1 aromatic rings. The van der Waals surface area contributed by atoms with Gasteiger partial charge < -0.3 is 34.4 Å². The molecule has 3 aliphatic heterocycles. The normalized spacial score (nSPS) is 19.7. The van der Waals surface area contributed by atoms with E-state index >= 15 is 0 Å². The van der Waals surface area contributed by atoms with Crippen LogP contribution in [0.4, 0.5) is 10.5 Å². The van der Waals surface area contributed by atoms with E-state index in [1.165, 1.54) is 0 Å². The van der Waals surface area contributed by atoms with E-state index in [1.807, 2.05) is 30.3 Å². The highest BCUT2D eigenvalue weighted by Crippen LogP contribution is 2.39. The monoisotopic (exact) mass is 487 g/mol. The Morgan fingerprint density at radius 2 is 1.71 bits per heavy atom. The number of amides is 4. The molecule has 3 saturated heterocycles. The Kier molecular flexibility index (Phi) is 7.74. The number of hydrogen-bond acceptors (Lipinski definition) is 7. The van der Waals surface area contributed by atoms with Gasteiger partial charge >= 0.3 is 12.0 Å². The van der Waals surface area contributed by atoms with Crippen LogP contribution in [0, 0.1) is 0 Å². The van der Waals surface area contributed by atoms with Gasteiger partial charge in [0.2, 0.25) is 5.91 Å². The zero-order chi connectivity index (χ0) is 24.8. The van der Waals surface area contributed by atoms with Crippen molar-refractivity contribution in [2.24, 2.45) is 0 Å². The first kappa shape index (κ1) is 24.8. The van der Waals surface area contributed by atoms with Crippen LogP contribution in [0.5, 0.6) is 0 Å². The number of piperidine rings is 1. The fourth-order valence-corrected chi connectivity index (χ4v) is 4.95. The van der Waals surface area contributed by atoms with Gasteiger partial charge in [-0.1, -0.05) is 18.2 Å². The molecular weight excluding hydrogens is 454 g/mol. The van der Waals surface area contributed by atoms with Crippen LogP contribution in [-0.4, -0.2) is 110 Å². The number of anilines is 1. The number of nitrogens with zero attached hydrogens (tertiary/aromatic N) is 4. The number of ether oxygens (including phenoxy) is 2. The summed E-state index contributed by atoms with van der Waals surface area (Å²) in [6.45, 7) is 4.89. The van der Waals surface area contributed by atoms with Crippen molar-refractivity contribution < 1.29 is 28.7 Å². The number of esters is 1. The molecule has 0 saturated carbocycles. The standard InChI is InChI=1S/C24H33N5O6/c1-2-35-21(31)16-25-23(33)27-10-8-24(9-11-27)22(32)28(17-20(30)26-12-14-34-15-13-26)18-29(24)19-6-4-3-5-7-19/h3-7H,2,8-18H2,1H3,(H,25,33). The van der Waals surface area contributed by atoms with Crippen LogP contribution in [0.15, 0.2) is 30.3 Å². The van der Waals surface area contributed by atoms with Gasteiger partial charge in [-0.05, 0) is 31.9 Å². The van der Waals surface area contributed by atoms with Gasteiger partial charge in [-0.25, -0.2) is 4.79 Å². The summed E-state index contributed by atoms with van der Waals surface area (Å²) >= 11 is 0. The van der Waals surface area contributed by atoms with Gasteiger partial charge in [0.05, 0.1) is 26.5 Å². The van der Waals surface area contributed by atoms with Crippen LogP contribution in [-0.2, 0) is 23.9 Å².